The molecule has 2 aromatic rings. The Labute approximate surface area is 110 Å². The third kappa shape index (κ3) is 2.44. The lowest BCUT2D eigenvalue weighted by Gasteiger charge is -2.21. The van der Waals surface area contributed by atoms with Crippen LogP contribution in [0.3, 0.4) is 0 Å². The number of phenolic OH excluding ortho intramolecular Hbond substituents is 1. The number of hydrogen-bond acceptors (Lipinski definition) is 5. The van der Waals surface area contributed by atoms with E-state index < -0.39 is 11.4 Å². The summed E-state index contributed by atoms with van der Waals surface area (Å²) in [5, 5.41) is 13.0. The topological polar surface area (TPSA) is 68.4 Å². The number of rotatable bonds is 4. The maximum atomic E-state index is 13.7. The van der Waals surface area contributed by atoms with E-state index in [1.165, 1.54) is 12.1 Å². The van der Waals surface area contributed by atoms with Crippen molar-refractivity contribution in [2.24, 2.45) is 0 Å². The number of aromatic hydroxyl groups is 1. The zero-order valence-electron chi connectivity index (χ0n) is 11.0. The second-order valence-corrected chi connectivity index (χ2v) is 4.38. The molecule has 0 fully saturated rings. The Hall–Kier alpha value is -1.95. The third-order valence-electron chi connectivity index (χ3n) is 3.21. The van der Waals surface area contributed by atoms with Crippen LogP contribution in [0.15, 0.2) is 22.7 Å². The lowest BCUT2D eigenvalue weighted by molar-refractivity contribution is -0.0106. The molecule has 1 N–H and O–H groups in total. The first-order valence-electron chi connectivity index (χ1n) is 5.88. The molecule has 1 atom stereocenters. The van der Waals surface area contributed by atoms with Crippen LogP contribution in [0.2, 0.25) is 0 Å². The van der Waals surface area contributed by atoms with Gasteiger partial charge in [0, 0.05) is 13.2 Å². The van der Waals surface area contributed by atoms with Gasteiger partial charge in [0.15, 0.2) is 0 Å². The Bertz CT molecular complexity index is 579. The minimum atomic E-state index is -0.671. The van der Waals surface area contributed by atoms with Gasteiger partial charge in [0.2, 0.25) is 5.82 Å². The fourth-order valence-electron chi connectivity index (χ4n) is 1.62. The Balaban J connectivity index is 2.41. The van der Waals surface area contributed by atoms with E-state index in [1.54, 1.807) is 7.11 Å². The molecule has 0 bridgehead atoms. The van der Waals surface area contributed by atoms with Crippen molar-refractivity contribution in [3.8, 4) is 17.2 Å². The molecule has 6 heteroatoms. The molecule has 1 aromatic carbocycles. The van der Waals surface area contributed by atoms with E-state index in [2.05, 4.69) is 10.1 Å². The summed E-state index contributed by atoms with van der Waals surface area (Å²) in [7, 11) is 1.56. The predicted molar refractivity (Wildman–Crippen MR) is 66.0 cm³/mol. The number of methoxy groups -OCH3 is 1. The van der Waals surface area contributed by atoms with Gasteiger partial charge in [-0.1, -0.05) is 12.1 Å². The summed E-state index contributed by atoms with van der Waals surface area (Å²) < 4.78 is 24.1. The standard InChI is InChI=1S/C13H15FN2O3/c1-4-13(2,18-3)12-15-11(19-16-12)9-6-5-8(17)7-10(9)14/h5-7,17H,4H2,1-3H3. The van der Waals surface area contributed by atoms with Gasteiger partial charge in [0.25, 0.3) is 5.89 Å². The number of benzene rings is 1. The first-order chi connectivity index (χ1) is 9.00. The van der Waals surface area contributed by atoms with Gasteiger partial charge < -0.3 is 14.4 Å². The molecular formula is C13H15FN2O3. The average molecular weight is 266 g/mol. The number of aromatic nitrogens is 2. The zero-order chi connectivity index (χ0) is 14.0. The minimum absolute atomic E-state index is 0.0595. The highest BCUT2D eigenvalue weighted by Crippen LogP contribution is 2.29. The summed E-state index contributed by atoms with van der Waals surface area (Å²) in [6.07, 6.45) is 0.653. The summed E-state index contributed by atoms with van der Waals surface area (Å²) in [4.78, 5) is 4.16. The van der Waals surface area contributed by atoms with Gasteiger partial charge in [0.1, 0.15) is 17.2 Å². The molecule has 0 aliphatic heterocycles. The molecule has 1 unspecified atom stereocenters. The second-order valence-electron chi connectivity index (χ2n) is 4.38. The smallest absolute Gasteiger partial charge is 0.261 e. The highest BCUT2D eigenvalue weighted by atomic mass is 19.1. The van der Waals surface area contributed by atoms with Gasteiger partial charge in [-0.2, -0.15) is 4.98 Å². The summed E-state index contributed by atoms with van der Waals surface area (Å²) >= 11 is 0. The molecule has 19 heavy (non-hydrogen) atoms. The molecule has 1 heterocycles. The average Bonchev–Trinajstić information content (AvgIpc) is 2.88. The van der Waals surface area contributed by atoms with Gasteiger partial charge in [0.05, 0.1) is 5.56 Å². The van der Waals surface area contributed by atoms with Crippen LogP contribution in [0.5, 0.6) is 5.75 Å². The van der Waals surface area contributed by atoms with E-state index in [1.807, 2.05) is 13.8 Å². The van der Waals surface area contributed by atoms with Crippen LogP contribution in [0.4, 0.5) is 4.39 Å². The number of ether oxygens (including phenoxy) is 1. The highest BCUT2D eigenvalue weighted by Gasteiger charge is 2.30. The van der Waals surface area contributed by atoms with Crippen LogP contribution in [-0.2, 0) is 10.3 Å². The van der Waals surface area contributed by atoms with Crippen LogP contribution in [0.25, 0.3) is 11.5 Å². The number of phenols is 1. The van der Waals surface area contributed by atoms with E-state index in [-0.39, 0.29) is 17.2 Å². The number of halogens is 1. The van der Waals surface area contributed by atoms with Crippen LogP contribution >= 0.6 is 0 Å². The van der Waals surface area contributed by atoms with Crippen molar-refractivity contribution in [1.29, 1.82) is 0 Å². The van der Waals surface area contributed by atoms with Gasteiger partial charge in [-0.25, -0.2) is 4.39 Å². The van der Waals surface area contributed by atoms with Gasteiger partial charge in [-0.05, 0) is 25.5 Å². The third-order valence-corrected chi connectivity index (χ3v) is 3.21. The fourth-order valence-corrected chi connectivity index (χ4v) is 1.62. The zero-order valence-corrected chi connectivity index (χ0v) is 11.0. The Morgan fingerprint density at radius 1 is 1.47 bits per heavy atom. The normalized spacial score (nSPS) is 14.3. The van der Waals surface area contributed by atoms with Crippen molar-refractivity contribution in [2.45, 2.75) is 25.9 Å². The minimum Gasteiger partial charge on any atom is -0.508 e. The van der Waals surface area contributed by atoms with E-state index in [0.29, 0.717) is 12.2 Å². The molecule has 0 aliphatic carbocycles. The summed E-state index contributed by atoms with van der Waals surface area (Å²) in [5.74, 6) is -0.355. The van der Waals surface area contributed by atoms with Crippen LogP contribution < -0.4 is 0 Å². The molecule has 0 aliphatic rings. The summed E-state index contributed by atoms with van der Waals surface area (Å²) in [6, 6.07) is 3.74. The van der Waals surface area contributed by atoms with Crippen molar-refractivity contribution in [3.05, 3.63) is 29.8 Å². The van der Waals surface area contributed by atoms with Crippen LogP contribution in [-0.4, -0.2) is 22.4 Å². The van der Waals surface area contributed by atoms with E-state index >= 15 is 0 Å². The van der Waals surface area contributed by atoms with Gasteiger partial charge in [-0.3, -0.25) is 0 Å². The van der Waals surface area contributed by atoms with Gasteiger partial charge in [-0.15, -0.1) is 0 Å². The summed E-state index contributed by atoms with van der Waals surface area (Å²) in [5.41, 5.74) is -0.527. The van der Waals surface area contributed by atoms with Crippen LogP contribution in [0.1, 0.15) is 26.1 Å². The predicted octanol–water partition coefficient (Wildman–Crippen LogP) is 2.85. The van der Waals surface area contributed by atoms with Crippen molar-refractivity contribution in [1.82, 2.24) is 10.1 Å². The van der Waals surface area contributed by atoms with Crippen molar-refractivity contribution < 1.29 is 18.8 Å². The molecular weight excluding hydrogens is 251 g/mol. The molecule has 0 spiro atoms. The van der Waals surface area contributed by atoms with Crippen molar-refractivity contribution in [3.63, 3.8) is 0 Å². The second kappa shape index (κ2) is 4.97. The van der Waals surface area contributed by atoms with Crippen molar-refractivity contribution >= 4 is 0 Å². The first kappa shape index (κ1) is 13.5. The molecule has 0 radical (unpaired) electrons. The Kier molecular flexibility index (Phi) is 3.53. The lowest BCUT2D eigenvalue weighted by Crippen LogP contribution is -2.24. The SMILES string of the molecule is CCC(C)(OC)c1noc(-c2ccc(O)cc2F)n1. The molecule has 1 aromatic heterocycles. The molecule has 0 saturated carbocycles. The summed E-state index contributed by atoms with van der Waals surface area (Å²) in [6.45, 7) is 3.76. The molecule has 0 amide bonds. The fraction of sp³-hybridized carbons (Fsp3) is 0.385. The quantitative estimate of drug-likeness (QED) is 0.921. The number of hydrogen-bond donors (Lipinski definition) is 1. The van der Waals surface area contributed by atoms with Gasteiger partial charge >= 0.3 is 0 Å². The Morgan fingerprint density at radius 3 is 2.79 bits per heavy atom. The molecule has 102 valence electrons. The first-order valence-corrected chi connectivity index (χ1v) is 5.88. The maximum Gasteiger partial charge on any atom is 0.261 e. The molecule has 0 saturated heterocycles. The molecule has 5 nitrogen and oxygen atoms in total. The number of nitrogens with zero attached hydrogens (tertiary/aromatic N) is 2. The largest absolute Gasteiger partial charge is 0.508 e. The van der Waals surface area contributed by atoms with E-state index in [9.17, 15) is 4.39 Å². The van der Waals surface area contributed by atoms with Crippen molar-refractivity contribution in [2.75, 3.05) is 7.11 Å². The molecule has 2 rings (SSSR count). The van der Waals surface area contributed by atoms with E-state index in [4.69, 9.17) is 14.4 Å². The monoisotopic (exact) mass is 266 g/mol. The van der Waals surface area contributed by atoms with Crippen LogP contribution in [0, 0.1) is 5.82 Å². The maximum absolute atomic E-state index is 13.7. The lowest BCUT2D eigenvalue weighted by atomic mass is 10.0. The highest BCUT2D eigenvalue weighted by molar-refractivity contribution is 5.55. The van der Waals surface area contributed by atoms with E-state index in [0.717, 1.165) is 6.07 Å². The Morgan fingerprint density at radius 2 is 2.21 bits per heavy atom.